The SMILES string of the molecule is Cc1nc(NCCN)c2onc(C)c2n1. The molecule has 0 spiro atoms. The Labute approximate surface area is 86.9 Å². The van der Waals surface area contributed by atoms with Crippen LogP contribution in [-0.4, -0.2) is 28.2 Å². The molecule has 3 N–H and O–H groups in total. The molecule has 2 aromatic rings. The van der Waals surface area contributed by atoms with Gasteiger partial charge in [0.05, 0.1) is 0 Å². The lowest BCUT2D eigenvalue weighted by atomic mass is 10.3. The van der Waals surface area contributed by atoms with E-state index in [4.69, 9.17) is 10.3 Å². The molecule has 6 nitrogen and oxygen atoms in total. The minimum absolute atomic E-state index is 0.539. The lowest BCUT2D eigenvalue weighted by Gasteiger charge is -2.03. The molecule has 2 heterocycles. The maximum absolute atomic E-state index is 5.41. The van der Waals surface area contributed by atoms with Gasteiger partial charge in [-0.25, -0.2) is 9.97 Å². The molecule has 0 fully saturated rings. The van der Waals surface area contributed by atoms with Gasteiger partial charge in [-0.1, -0.05) is 5.16 Å². The predicted molar refractivity (Wildman–Crippen MR) is 56.6 cm³/mol. The number of hydrogen-bond donors (Lipinski definition) is 2. The minimum atomic E-state index is 0.539. The number of aryl methyl sites for hydroxylation is 2. The Morgan fingerprint density at radius 1 is 1.33 bits per heavy atom. The summed E-state index contributed by atoms with van der Waals surface area (Å²) >= 11 is 0. The highest BCUT2D eigenvalue weighted by molar-refractivity contribution is 5.84. The standard InChI is InChI=1S/C9H13N5O/c1-5-7-8(15-14-5)9(11-4-3-10)13-6(2)12-7/h3-4,10H2,1-2H3,(H,11,12,13). The van der Waals surface area contributed by atoms with E-state index in [1.165, 1.54) is 0 Å². The van der Waals surface area contributed by atoms with E-state index in [1.54, 1.807) is 0 Å². The van der Waals surface area contributed by atoms with Gasteiger partial charge in [-0.2, -0.15) is 0 Å². The lowest BCUT2D eigenvalue weighted by Crippen LogP contribution is -2.14. The van der Waals surface area contributed by atoms with E-state index in [0.717, 1.165) is 11.2 Å². The molecule has 80 valence electrons. The zero-order valence-corrected chi connectivity index (χ0v) is 8.74. The third-order valence-electron chi connectivity index (χ3n) is 2.03. The Morgan fingerprint density at radius 2 is 2.13 bits per heavy atom. The molecule has 0 radical (unpaired) electrons. The van der Waals surface area contributed by atoms with Gasteiger partial charge in [0.2, 0.25) is 5.58 Å². The van der Waals surface area contributed by atoms with Gasteiger partial charge in [-0.3, -0.25) is 0 Å². The number of rotatable bonds is 3. The second kappa shape index (κ2) is 3.82. The third-order valence-corrected chi connectivity index (χ3v) is 2.03. The van der Waals surface area contributed by atoms with Gasteiger partial charge >= 0.3 is 0 Å². The van der Waals surface area contributed by atoms with Gasteiger partial charge in [-0.05, 0) is 13.8 Å². The van der Waals surface area contributed by atoms with Gasteiger partial charge < -0.3 is 15.6 Å². The van der Waals surface area contributed by atoms with Crippen molar-refractivity contribution in [2.24, 2.45) is 5.73 Å². The normalized spacial score (nSPS) is 10.9. The molecule has 0 aliphatic rings. The number of hydrogen-bond acceptors (Lipinski definition) is 6. The Hall–Kier alpha value is -1.69. The van der Waals surface area contributed by atoms with Crippen LogP contribution in [0.5, 0.6) is 0 Å². The summed E-state index contributed by atoms with van der Waals surface area (Å²) in [5.74, 6) is 1.34. The van der Waals surface area contributed by atoms with Gasteiger partial charge in [-0.15, -0.1) is 0 Å². The van der Waals surface area contributed by atoms with Crippen LogP contribution in [0.25, 0.3) is 11.1 Å². The molecule has 0 aliphatic carbocycles. The highest BCUT2D eigenvalue weighted by Crippen LogP contribution is 2.22. The van der Waals surface area contributed by atoms with Crippen LogP contribution in [0.15, 0.2) is 4.52 Å². The highest BCUT2D eigenvalue weighted by Gasteiger charge is 2.12. The molecule has 15 heavy (non-hydrogen) atoms. The minimum Gasteiger partial charge on any atom is -0.365 e. The van der Waals surface area contributed by atoms with Crippen LogP contribution in [0.4, 0.5) is 5.82 Å². The van der Waals surface area contributed by atoms with E-state index in [1.807, 2.05) is 13.8 Å². The molecule has 0 bridgehead atoms. The largest absolute Gasteiger partial charge is 0.365 e. The van der Waals surface area contributed by atoms with Gasteiger partial charge in [0.1, 0.15) is 17.0 Å². The molecule has 2 aromatic heterocycles. The van der Waals surface area contributed by atoms with Gasteiger partial charge in [0.25, 0.3) is 0 Å². The van der Waals surface area contributed by atoms with Crippen molar-refractivity contribution in [3.8, 4) is 0 Å². The van der Waals surface area contributed by atoms with Crippen LogP contribution < -0.4 is 11.1 Å². The Morgan fingerprint density at radius 3 is 2.87 bits per heavy atom. The van der Waals surface area contributed by atoms with Crippen molar-refractivity contribution in [3.63, 3.8) is 0 Å². The number of nitrogens with two attached hydrogens (primary N) is 1. The molecule has 0 aromatic carbocycles. The fraction of sp³-hybridized carbons (Fsp3) is 0.444. The summed E-state index contributed by atoms with van der Waals surface area (Å²) in [4.78, 5) is 8.51. The van der Waals surface area contributed by atoms with Gasteiger partial charge in [0.15, 0.2) is 5.82 Å². The second-order valence-electron chi connectivity index (χ2n) is 3.28. The van der Waals surface area contributed by atoms with Crippen molar-refractivity contribution in [1.82, 2.24) is 15.1 Å². The van der Waals surface area contributed by atoms with Crippen LogP contribution in [0, 0.1) is 13.8 Å². The summed E-state index contributed by atoms with van der Waals surface area (Å²) in [5, 5.41) is 6.94. The molecule has 0 unspecified atom stereocenters. The fourth-order valence-corrected chi connectivity index (χ4v) is 1.36. The molecular formula is C9H13N5O. The van der Waals surface area contributed by atoms with E-state index in [2.05, 4.69) is 20.4 Å². The first-order chi connectivity index (χ1) is 7.22. The summed E-state index contributed by atoms with van der Waals surface area (Å²) < 4.78 is 5.15. The number of nitrogens with zero attached hydrogens (tertiary/aromatic N) is 3. The number of anilines is 1. The molecule has 0 amide bonds. The average Bonchev–Trinajstić information content (AvgIpc) is 2.57. The fourth-order valence-electron chi connectivity index (χ4n) is 1.36. The Balaban J connectivity index is 2.52. The van der Waals surface area contributed by atoms with Gasteiger partial charge in [0, 0.05) is 13.1 Å². The maximum atomic E-state index is 5.41. The zero-order chi connectivity index (χ0) is 10.8. The van der Waals surface area contributed by atoms with Crippen LogP contribution in [0.1, 0.15) is 11.5 Å². The van der Waals surface area contributed by atoms with Crippen molar-refractivity contribution < 1.29 is 4.52 Å². The molecular weight excluding hydrogens is 194 g/mol. The summed E-state index contributed by atoms with van der Waals surface area (Å²) in [7, 11) is 0. The van der Waals surface area contributed by atoms with Crippen LogP contribution >= 0.6 is 0 Å². The quantitative estimate of drug-likeness (QED) is 0.766. The summed E-state index contributed by atoms with van der Waals surface area (Å²) in [6, 6.07) is 0. The molecule has 2 rings (SSSR count). The van der Waals surface area contributed by atoms with Crippen LogP contribution in [0.3, 0.4) is 0 Å². The van der Waals surface area contributed by atoms with Crippen LogP contribution in [-0.2, 0) is 0 Å². The summed E-state index contributed by atoms with van der Waals surface area (Å²) in [5.41, 5.74) is 7.52. The average molecular weight is 207 g/mol. The van der Waals surface area contributed by atoms with E-state index in [9.17, 15) is 0 Å². The van der Waals surface area contributed by atoms with Crippen molar-refractivity contribution in [3.05, 3.63) is 11.5 Å². The third kappa shape index (κ3) is 1.75. The monoisotopic (exact) mass is 207 g/mol. The topological polar surface area (TPSA) is 89.9 Å². The van der Waals surface area contributed by atoms with Crippen molar-refractivity contribution in [2.45, 2.75) is 13.8 Å². The Kier molecular flexibility index (Phi) is 2.51. The first-order valence-corrected chi connectivity index (χ1v) is 4.77. The number of nitrogens with one attached hydrogen (secondary N) is 1. The smallest absolute Gasteiger partial charge is 0.227 e. The predicted octanol–water partition coefficient (Wildman–Crippen LogP) is 0.605. The second-order valence-corrected chi connectivity index (χ2v) is 3.28. The molecule has 0 saturated carbocycles. The summed E-state index contributed by atoms with van der Waals surface area (Å²) in [6.45, 7) is 4.87. The molecule has 0 aliphatic heterocycles. The van der Waals surface area contributed by atoms with E-state index in [-0.39, 0.29) is 0 Å². The lowest BCUT2D eigenvalue weighted by molar-refractivity contribution is 0.450. The van der Waals surface area contributed by atoms with Crippen molar-refractivity contribution in [2.75, 3.05) is 18.4 Å². The highest BCUT2D eigenvalue weighted by atomic mass is 16.5. The van der Waals surface area contributed by atoms with E-state index < -0.39 is 0 Å². The number of fused-ring (bicyclic) bond motifs is 1. The summed E-state index contributed by atoms with van der Waals surface area (Å²) in [6.07, 6.45) is 0. The van der Waals surface area contributed by atoms with E-state index >= 15 is 0 Å². The molecule has 0 saturated heterocycles. The van der Waals surface area contributed by atoms with Crippen molar-refractivity contribution >= 4 is 16.9 Å². The Bertz CT molecular complexity index is 479. The maximum Gasteiger partial charge on any atom is 0.227 e. The van der Waals surface area contributed by atoms with Crippen LogP contribution in [0.2, 0.25) is 0 Å². The number of aromatic nitrogens is 3. The first-order valence-electron chi connectivity index (χ1n) is 4.77. The van der Waals surface area contributed by atoms with E-state index in [0.29, 0.717) is 30.3 Å². The first kappa shape index (κ1) is 9.85. The molecule has 0 atom stereocenters. The van der Waals surface area contributed by atoms with Crippen molar-refractivity contribution in [1.29, 1.82) is 0 Å². The molecule has 6 heteroatoms. The zero-order valence-electron chi connectivity index (χ0n) is 8.74.